The van der Waals surface area contributed by atoms with Crippen LogP contribution in [0.5, 0.6) is 0 Å². The van der Waals surface area contributed by atoms with Crippen molar-refractivity contribution in [1.82, 2.24) is 24.6 Å². The summed E-state index contributed by atoms with van der Waals surface area (Å²) < 4.78 is 2.97. The van der Waals surface area contributed by atoms with Gasteiger partial charge < -0.3 is 5.32 Å². The van der Waals surface area contributed by atoms with Crippen molar-refractivity contribution in [3.63, 3.8) is 0 Å². The number of hydrogen-bond donors (Lipinski definition) is 1. The molecule has 0 aliphatic heterocycles. The Morgan fingerprint density at radius 2 is 1.83 bits per heavy atom. The van der Waals surface area contributed by atoms with Crippen molar-refractivity contribution < 1.29 is 4.79 Å². The molecule has 0 spiro atoms. The Balaban J connectivity index is 1.42. The van der Waals surface area contributed by atoms with E-state index in [1.54, 1.807) is 4.68 Å². The normalized spacial score (nSPS) is 11.0. The van der Waals surface area contributed by atoms with Gasteiger partial charge in [0.1, 0.15) is 18.3 Å². The Morgan fingerprint density at radius 3 is 2.63 bits per heavy atom. The molecule has 30 heavy (non-hydrogen) atoms. The van der Waals surface area contributed by atoms with Gasteiger partial charge in [-0.15, -0.1) is 0 Å². The van der Waals surface area contributed by atoms with E-state index < -0.39 is 0 Å². The number of amides is 1. The van der Waals surface area contributed by atoms with Crippen molar-refractivity contribution >= 4 is 16.9 Å². The number of aryl methyl sites for hydroxylation is 2. The Hall–Kier alpha value is -3.74. The Kier molecular flexibility index (Phi) is 5.70. The molecule has 152 valence electrons. The first-order valence-corrected chi connectivity index (χ1v) is 9.93. The van der Waals surface area contributed by atoms with Crippen molar-refractivity contribution in [2.24, 2.45) is 0 Å². The van der Waals surface area contributed by atoms with Crippen molar-refractivity contribution in [2.45, 2.75) is 26.3 Å². The van der Waals surface area contributed by atoms with E-state index in [9.17, 15) is 9.59 Å². The molecule has 0 aliphatic carbocycles. The minimum absolute atomic E-state index is 0.0668. The third-order valence-electron chi connectivity index (χ3n) is 5.02. The van der Waals surface area contributed by atoms with Crippen LogP contribution in [0.3, 0.4) is 0 Å². The molecule has 2 aromatic heterocycles. The van der Waals surface area contributed by atoms with E-state index in [0.717, 1.165) is 24.1 Å². The summed E-state index contributed by atoms with van der Waals surface area (Å²) in [6.07, 6.45) is 4.65. The molecular formula is C23H23N5O2. The molecule has 0 saturated carbocycles. The quantitative estimate of drug-likeness (QED) is 0.483. The summed E-state index contributed by atoms with van der Waals surface area (Å²) in [5.74, 6) is -0.211. The summed E-state index contributed by atoms with van der Waals surface area (Å²) in [7, 11) is 0. The second-order valence-corrected chi connectivity index (χ2v) is 7.20. The monoisotopic (exact) mass is 401 g/mol. The molecule has 0 unspecified atom stereocenters. The van der Waals surface area contributed by atoms with E-state index in [1.165, 1.54) is 22.7 Å². The third-order valence-corrected chi connectivity index (χ3v) is 5.02. The maximum absolute atomic E-state index is 12.8. The van der Waals surface area contributed by atoms with Gasteiger partial charge in [0.25, 0.3) is 5.56 Å². The summed E-state index contributed by atoms with van der Waals surface area (Å²) in [5, 5.41) is 7.59. The first-order valence-electron chi connectivity index (χ1n) is 9.93. The van der Waals surface area contributed by atoms with Gasteiger partial charge in [0.15, 0.2) is 5.65 Å². The van der Waals surface area contributed by atoms with Crippen molar-refractivity contribution in [3.8, 4) is 5.69 Å². The average Bonchev–Trinajstić information content (AvgIpc) is 3.19. The van der Waals surface area contributed by atoms with E-state index in [2.05, 4.69) is 27.5 Å². The Bertz CT molecular complexity index is 1230. The second kappa shape index (κ2) is 8.73. The Labute approximate surface area is 174 Å². The fourth-order valence-electron chi connectivity index (χ4n) is 3.41. The maximum atomic E-state index is 12.8. The molecular weight excluding hydrogens is 378 g/mol. The van der Waals surface area contributed by atoms with E-state index in [0.29, 0.717) is 17.6 Å². The van der Waals surface area contributed by atoms with Gasteiger partial charge in [0.05, 0.1) is 11.9 Å². The molecule has 2 aromatic carbocycles. The predicted octanol–water partition coefficient (Wildman–Crippen LogP) is 2.64. The fraction of sp³-hybridized carbons (Fsp3) is 0.217. The lowest BCUT2D eigenvalue weighted by atomic mass is 10.1. The highest BCUT2D eigenvalue weighted by atomic mass is 16.2. The number of para-hydroxylation sites is 1. The van der Waals surface area contributed by atoms with Gasteiger partial charge in [-0.05, 0) is 37.0 Å². The number of nitrogens with zero attached hydrogens (tertiary/aromatic N) is 4. The maximum Gasteiger partial charge on any atom is 0.264 e. The molecule has 0 saturated heterocycles. The molecule has 4 rings (SSSR count). The van der Waals surface area contributed by atoms with E-state index >= 15 is 0 Å². The first-order chi connectivity index (χ1) is 14.6. The number of hydrogen-bond acceptors (Lipinski definition) is 4. The highest BCUT2D eigenvalue weighted by molar-refractivity contribution is 5.78. The minimum atomic E-state index is -0.278. The lowest BCUT2D eigenvalue weighted by Crippen LogP contribution is -2.33. The fourth-order valence-corrected chi connectivity index (χ4v) is 3.41. The lowest BCUT2D eigenvalue weighted by Gasteiger charge is -2.08. The average molecular weight is 401 g/mol. The molecule has 0 fully saturated rings. The highest BCUT2D eigenvalue weighted by Gasteiger charge is 2.14. The summed E-state index contributed by atoms with van der Waals surface area (Å²) in [4.78, 5) is 29.5. The van der Waals surface area contributed by atoms with Crippen LogP contribution in [0.2, 0.25) is 0 Å². The van der Waals surface area contributed by atoms with Crippen molar-refractivity contribution in [3.05, 3.63) is 88.6 Å². The Morgan fingerprint density at radius 1 is 1.07 bits per heavy atom. The molecule has 0 atom stereocenters. The van der Waals surface area contributed by atoms with Gasteiger partial charge in [-0.3, -0.25) is 14.2 Å². The molecule has 0 radical (unpaired) electrons. The van der Waals surface area contributed by atoms with Crippen LogP contribution in [0.15, 0.2) is 71.9 Å². The zero-order valence-electron chi connectivity index (χ0n) is 16.8. The van der Waals surface area contributed by atoms with Gasteiger partial charge in [-0.25, -0.2) is 9.67 Å². The first kappa shape index (κ1) is 19.6. The zero-order valence-corrected chi connectivity index (χ0v) is 16.8. The standard InChI is InChI=1S/C23H23N5O2/c1-17-8-5-6-12-20(17)28-22-19(14-26-28)23(30)27(16-25-22)15-21(29)24-13-7-11-18-9-3-2-4-10-18/h2-6,8-10,12,14,16H,7,11,13,15H2,1H3,(H,24,29). The molecule has 7 heteroatoms. The van der Waals surface area contributed by atoms with Crippen LogP contribution in [0.1, 0.15) is 17.5 Å². The SMILES string of the molecule is Cc1ccccc1-n1ncc2c(=O)n(CC(=O)NCCCc3ccccc3)cnc21. The number of carbonyl (C=O) groups is 1. The number of nitrogens with one attached hydrogen (secondary N) is 1. The molecule has 1 N–H and O–H groups in total. The van der Waals surface area contributed by atoms with Crippen LogP contribution in [0.4, 0.5) is 0 Å². The van der Waals surface area contributed by atoms with Crippen LogP contribution in [0, 0.1) is 6.92 Å². The smallest absolute Gasteiger partial charge is 0.264 e. The molecule has 0 bridgehead atoms. The van der Waals surface area contributed by atoms with Gasteiger partial charge in [-0.2, -0.15) is 5.10 Å². The zero-order chi connectivity index (χ0) is 20.9. The van der Waals surface area contributed by atoms with Crippen LogP contribution in [-0.4, -0.2) is 31.8 Å². The summed E-state index contributed by atoms with van der Waals surface area (Å²) in [6.45, 7) is 2.47. The van der Waals surface area contributed by atoms with Gasteiger partial charge >= 0.3 is 0 Å². The highest BCUT2D eigenvalue weighted by Crippen LogP contribution is 2.16. The predicted molar refractivity (Wildman–Crippen MR) is 116 cm³/mol. The number of carbonyl (C=O) groups excluding carboxylic acids is 1. The number of rotatable bonds is 7. The number of benzene rings is 2. The topological polar surface area (TPSA) is 81.8 Å². The van der Waals surface area contributed by atoms with Crippen LogP contribution in [-0.2, 0) is 17.8 Å². The molecule has 4 aromatic rings. The van der Waals surface area contributed by atoms with E-state index in [1.807, 2.05) is 49.4 Å². The summed E-state index contributed by atoms with van der Waals surface area (Å²) in [6, 6.07) is 17.9. The van der Waals surface area contributed by atoms with Crippen molar-refractivity contribution in [1.29, 1.82) is 0 Å². The van der Waals surface area contributed by atoms with E-state index in [4.69, 9.17) is 0 Å². The lowest BCUT2D eigenvalue weighted by molar-refractivity contribution is -0.121. The van der Waals surface area contributed by atoms with Gasteiger partial charge in [0, 0.05) is 6.54 Å². The molecule has 2 heterocycles. The van der Waals surface area contributed by atoms with Crippen LogP contribution >= 0.6 is 0 Å². The second-order valence-electron chi connectivity index (χ2n) is 7.20. The summed E-state index contributed by atoms with van der Waals surface area (Å²) >= 11 is 0. The molecule has 0 aliphatic rings. The minimum Gasteiger partial charge on any atom is -0.355 e. The third kappa shape index (κ3) is 4.15. The van der Waals surface area contributed by atoms with E-state index in [-0.39, 0.29) is 18.0 Å². The molecule has 7 nitrogen and oxygen atoms in total. The number of aromatic nitrogens is 4. The molecule has 1 amide bonds. The van der Waals surface area contributed by atoms with Crippen molar-refractivity contribution in [2.75, 3.05) is 6.54 Å². The van der Waals surface area contributed by atoms with Crippen LogP contribution < -0.4 is 10.9 Å². The van der Waals surface area contributed by atoms with Gasteiger partial charge in [0.2, 0.25) is 5.91 Å². The summed E-state index contributed by atoms with van der Waals surface area (Å²) in [5.41, 5.74) is 3.34. The van der Waals surface area contributed by atoms with Crippen LogP contribution in [0.25, 0.3) is 16.7 Å². The number of fused-ring (bicyclic) bond motifs is 1. The largest absolute Gasteiger partial charge is 0.355 e. The van der Waals surface area contributed by atoms with Gasteiger partial charge in [-0.1, -0.05) is 48.5 Å².